The van der Waals surface area contributed by atoms with Crippen LogP contribution in [0.5, 0.6) is 0 Å². The SMILES string of the molecule is Cc1nn(C)cc1C(=O)c1ccnn1C. The van der Waals surface area contributed by atoms with E-state index in [2.05, 4.69) is 10.2 Å². The van der Waals surface area contributed by atoms with Crippen LogP contribution in [0.1, 0.15) is 21.7 Å². The van der Waals surface area contributed by atoms with Crippen molar-refractivity contribution in [3.63, 3.8) is 0 Å². The van der Waals surface area contributed by atoms with Crippen LogP contribution in [0.25, 0.3) is 0 Å². The largest absolute Gasteiger partial charge is 0.287 e. The molecule has 0 amide bonds. The summed E-state index contributed by atoms with van der Waals surface area (Å²) in [6.45, 7) is 1.82. The maximum atomic E-state index is 12.0. The fourth-order valence-corrected chi connectivity index (χ4v) is 1.56. The molecule has 0 aromatic carbocycles. The van der Waals surface area contributed by atoms with Crippen molar-refractivity contribution in [3.8, 4) is 0 Å². The van der Waals surface area contributed by atoms with Crippen molar-refractivity contribution in [2.24, 2.45) is 14.1 Å². The molecule has 0 aliphatic heterocycles. The van der Waals surface area contributed by atoms with Crippen molar-refractivity contribution in [1.82, 2.24) is 19.6 Å². The molecule has 0 saturated heterocycles. The average molecular weight is 204 g/mol. The zero-order valence-electron chi connectivity index (χ0n) is 8.93. The van der Waals surface area contributed by atoms with E-state index in [1.54, 1.807) is 41.9 Å². The highest BCUT2D eigenvalue weighted by molar-refractivity contribution is 6.08. The van der Waals surface area contributed by atoms with E-state index in [4.69, 9.17) is 0 Å². The molecular formula is C10H12N4O. The van der Waals surface area contributed by atoms with E-state index in [9.17, 15) is 4.79 Å². The molecule has 0 fully saturated rings. The second-order valence-corrected chi connectivity index (χ2v) is 3.47. The lowest BCUT2D eigenvalue weighted by Gasteiger charge is -1.98. The maximum absolute atomic E-state index is 12.0. The average Bonchev–Trinajstić information content (AvgIpc) is 2.71. The van der Waals surface area contributed by atoms with Gasteiger partial charge >= 0.3 is 0 Å². The predicted molar refractivity (Wildman–Crippen MR) is 54.6 cm³/mol. The Morgan fingerprint density at radius 2 is 2.13 bits per heavy atom. The minimum atomic E-state index is -0.0411. The number of aromatic nitrogens is 4. The van der Waals surface area contributed by atoms with Gasteiger partial charge in [-0.1, -0.05) is 0 Å². The fourth-order valence-electron chi connectivity index (χ4n) is 1.56. The Hall–Kier alpha value is -1.91. The summed E-state index contributed by atoms with van der Waals surface area (Å²) < 4.78 is 3.20. The van der Waals surface area contributed by atoms with E-state index in [0.717, 1.165) is 5.69 Å². The third-order valence-electron chi connectivity index (χ3n) is 2.31. The van der Waals surface area contributed by atoms with Crippen LogP contribution < -0.4 is 0 Å². The quantitative estimate of drug-likeness (QED) is 0.676. The van der Waals surface area contributed by atoms with Crippen LogP contribution in [-0.4, -0.2) is 25.3 Å². The zero-order valence-corrected chi connectivity index (χ0v) is 8.93. The third-order valence-corrected chi connectivity index (χ3v) is 2.31. The summed E-state index contributed by atoms with van der Waals surface area (Å²) in [7, 11) is 3.55. The first kappa shape index (κ1) is 9.64. The van der Waals surface area contributed by atoms with Gasteiger partial charge in [-0.05, 0) is 13.0 Å². The Bertz CT molecular complexity index is 509. The number of aryl methyl sites for hydroxylation is 3. The summed E-state index contributed by atoms with van der Waals surface area (Å²) in [5.41, 5.74) is 1.94. The highest BCUT2D eigenvalue weighted by Crippen LogP contribution is 2.11. The van der Waals surface area contributed by atoms with Gasteiger partial charge in [-0.25, -0.2) is 0 Å². The number of carbonyl (C=O) groups excluding carboxylic acids is 1. The molecule has 2 rings (SSSR count). The first-order valence-corrected chi connectivity index (χ1v) is 4.62. The third kappa shape index (κ3) is 1.56. The molecule has 0 radical (unpaired) electrons. The molecule has 0 spiro atoms. The molecule has 0 atom stereocenters. The standard InChI is InChI=1S/C10H12N4O/c1-7-8(6-13(2)12-7)10(15)9-4-5-11-14(9)3/h4-6H,1-3H3. The Morgan fingerprint density at radius 1 is 1.40 bits per heavy atom. The van der Waals surface area contributed by atoms with Crippen LogP contribution >= 0.6 is 0 Å². The minimum absolute atomic E-state index is 0.0411. The Balaban J connectivity index is 2.45. The Kier molecular flexibility index (Phi) is 2.15. The van der Waals surface area contributed by atoms with Gasteiger partial charge in [0.2, 0.25) is 5.78 Å². The molecule has 15 heavy (non-hydrogen) atoms. The summed E-state index contributed by atoms with van der Waals surface area (Å²) in [6.07, 6.45) is 3.34. The first-order valence-electron chi connectivity index (χ1n) is 4.62. The lowest BCUT2D eigenvalue weighted by Crippen LogP contribution is -2.08. The van der Waals surface area contributed by atoms with Gasteiger partial charge in [0, 0.05) is 26.5 Å². The summed E-state index contributed by atoms with van der Waals surface area (Å²) in [6, 6.07) is 1.70. The molecular weight excluding hydrogens is 192 g/mol. The molecule has 2 aromatic heterocycles. The molecule has 0 saturated carbocycles. The van der Waals surface area contributed by atoms with Crippen LogP contribution in [-0.2, 0) is 14.1 Å². The molecule has 2 heterocycles. The van der Waals surface area contributed by atoms with Crippen molar-refractivity contribution in [1.29, 1.82) is 0 Å². The number of rotatable bonds is 2. The summed E-state index contributed by atoms with van der Waals surface area (Å²) in [4.78, 5) is 12.0. The van der Waals surface area contributed by atoms with Crippen LogP contribution in [0.15, 0.2) is 18.5 Å². The predicted octanol–water partition coefficient (Wildman–Crippen LogP) is 0.693. The molecule has 2 aromatic rings. The van der Waals surface area contributed by atoms with Gasteiger partial charge in [0.05, 0.1) is 11.3 Å². The number of ketones is 1. The highest BCUT2D eigenvalue weighted by atomic mass is 16.1. The van der Waals surface area contributed by atoms with Crippen LogP contribution in [0.2, 0.25) is 0 Å². The van der Waals surface area contributed by atoms with Crippen LogP contribution in [0.3, 0.4) is 0 Å². The lowest BCUT2D eigenvalue weighted by molar-refractivity contribution is 0.102. The van der Waals surface area contributed by atoms with E-state index in [1.807, 2.05) is 6.92 Å². The van der Waals surface area contributed by atoms with Gasteiger partial charge in [-0.3, -0.25) is 14.2 Å². The smallest absolute Gasteiger partial charge is 0.214 e. The van der Waals surface area contributed by atoms with Gasteiger partial charge in [0.15, 0.2) is 0 Å². The van der Waals surface area contributed by atoms with Crippen molar-refractivity contribution < 1.29 is 4.79 Å². The summed E-state index contributed by atoms with van der Waals surface area (Å²) in [5, 5.41) is 8.11. The molecule has 0 unspecified atom stereocenters. The second kappa shape index (κ2) is 3.34. The number of carbonyl (C=O) groups is 1. The Labute approximate surface area is 87.3 Å². The minimum Gasteiger partial charge on any atom is -0.287 e. The molecule has 0 aliphatic rings. The van der Waals surface area contributed by atoms with E-state index in [0.29, 0.717) is 11.3 Å². The van der Waals surface area contributed by atoms with Gasteiger partial charge in [0.25, 0.3) is 0 Å². The molecule has 0 aliphatic carbocycles. The number of hydrogen-bond donors (Lipinski definition) is 0. The molecule has 0 N–H and O–H groups in total. The monoisotopic (exact) mass is 204 g/mol. The second-order valence-electron chi connectivity index (χ2n) is 3.47. The van der Waals surface area contributed by atoms with Gasteiger partial charge in [-0.15, -0.1) is 0 Å². The highest BCUT2D eigenvalue weighted by Gasteiger charge is 2.17. The molecule has 78 valence electrons. The van der Waals surface area contributed by atoms with Crippen molar-refractivity contribution >= 4 is 5.78 Å². The van der Waals surface area contributed by atoms with Gasteiger partial charge < -0.3 is 0 Å². The molecule has 5 nitrogen and oxygen atoms in total. The number of nitrogens with zero attached hydrogens (tertiary/aromatic N) is 4. The van der Waals surface area contributed by atoms with Crippen LogP contribution in [0.4, 0.5) is 0 Å². The molecule has 5 heteroatoms. The van der Waals surface area contributed by atoms with E-state index < -0.39 is 0 Å². The molecule has 0 bridgehead atoms. The summed E-state index contributed by atoms with van der Waals surface area (Å²) >= 11 is 0. The van der Waals surface area contributed by atoms with Gasteiger partial charge in [-0.2, -0.15) is 10.2 Å². The normalized spacial score (nSPS) is 10.6. The lowest BCUT2D eigenvalue weighted by atomic mass is 10.1. The summed E-state index contributed by atoms with van der Waals surface area (Å²) in [5.74, 6) is -0.0411. The van der Waals surface area contributed by atoms with Crippen molar-refractivity contribution in [2.45, 2.75) is 6.92 Å². The van der Waals surface area contributed by atoms with Gasteiger partial charge in [0.1, 0.15) is 5.69 Å². The van der Waals surface area contributed by atoms with Crippen molar-refractivity contribution in [2.75, 3.05) is 0 Å². The number of hydrogen-bond acceptors (Lipinski definition) is 3. The van der Waals surface area contributed by atoms with E-state index >= 15 is 0 Å². The van der Waals surface area contributed by atoms with Crippen LogP contribution in [0, 0.1) is 6.92 Å². The topological polar surface area (TPSA) is 52.7 Å². The Morgan fingerprint density at radius 3 is 2.60 bits per heavy atom. The maximum Gasteiger partial charge on any atom is 0.214 e. The van der Waals surface area contributed by atoms with E-state index in [-0.39, 0.29) is 5.78 Å². The van der Waals surface area contributed by atoms with E-state index in [1.165, 1.54) is 0 Å². The zero-order chi connectivity index (χ0) is 11.0. The van der Waals surface area contributed by atoms with Crippen molar-refractivity contribution in [3.05, 3.63) is 35.4 Å². The first-order chi connectivity index (χ1) is 7.09. The fraction of sp³-hybridized carbons (Fsp3) is 0.300.